The van der Waals surface area contributed by atoms with E-state index in [1.165, 1.54) is 43.7 Å². The monoisotopic (exact) mass is 484 g/mol. The zero-order chi connectivity index (χ0) is 22.8. The second-order valence-electron chi connectivity index (χ2n) is 8.80. The molecule has 2 aliphatic rings. The molecule has 0 radical (unpaired) electrons. The van der Waals surface area contributed by atoms with Crippen molar-refractivity contribution in [2.45, 2.75) is 31.7 Å². The van der Waals surface area contributed by atoms with Gasteiger partial charge in [-0.2, -0.15) is 0 Å². The van der Waals surface area contributed by atoms with Gasteiger partial charge in [0.25, 0.3) is 0 Å². The van der Waals surface area contributed by atoms with Gasteiger partial charge in [-0.1, -0.05) is 29.4 Å². The molecule has 0 spiro atoms. The van der Waals surface area contributed by atoms with E-state index < -0.39 is 0 Å². The van der Waals surface area contributed by atoms with Gasteiger partial charge in [0.05, 0.1) is 0 Å². The lowest BCUT2D eigenvalue weighted by molar-refractivity contribution is -0.116. The van der Waals surface area contributed by atoms with Crippen molar-refractivity contribution in [2.24, 2.45) is 0 Å². The average Bonchev–Trinajstić information content (AvgIpc) is 3.50. The maximum absolute atomic E-state index is 12.7. The van der Waals surface area contributed by atoms with Crippen LogP contribution in [-0.2, 0) is 4.79 Å². The topological polar surface area (TPSA) is 64.4 Å². The van der Waals surface area contributed by atoms with Gasteiger partial charge in [-0.3, -0.25) is 9.69 Å². The average molecular weight is 485 g/mol. The fraction of sp³-hybridized carbons (Fsp3) is 0.458. The largest absolute Gasteiger partial charge is 0.329 e. The van der Waals surface area contributed by atoms with Crippen molar-refractivity contribution in [3.05, 3.63) is 41.4 Å². The Bertz CT molecular complexity index is 1110. The van der Waals surface area contributed by atoms with Crippen LogP contribution in [-0.4, -0.2) is 71.5 Å². The van der Waals surface area contributed by atoms with Crippen molar-refractivity contribution in [1.82, 2.24) is 19.8 Å². The molecule has 2 aliphatic heterocycles. The maximum Gasteiger partial charge on any atom is 0.244 e. The van der Waals surface area contributed by atoms with Gasteiger partial charge in [0.1, 0.15) is 22.2 Å². The molecule has 174 valence electrons. The summed E-state index contributed by atoms with van der Waals surface area (Å²) in [6, 6.07) is 11.5. The summed E-state index contributed by atoms with van der Waals surface area (Å²) in [6.45, 7) is 5.42. The van der Waals surface area contributed by atoms with E-state index in [2.05, 4.69) is 20.1 Å². The minimum Gasteiger partial charge on any atom is -0.329 e. The summed E-state index contributed by atoms with van der Waals surface area (Å²) in [5, 5.41) is 4.31. The number of carbonyl (C=O) groups excluding carboxylic acids is 1. The number of likely N-dealkylation sites (tertiary alicyclic amines) is 1. The molecule has 0 saturated carbocycles. The van der Waals surface area contributed by atoms with Gasteiger partial charge >= 0.3 is 0 Å². The van der Waals surface area contributed by atoms with Crippen molar-refractivity contribution in [1.29, 1.82) is 0 Å². The van der Waals surface area contributed by atoms with Crippen LogP contribution in [0.1, 0.15) is 25.7 Å². The van der Waals surface area contributed by atoms with Crippen LogP contribution in [0.25, 0.3) is 10.3 Å². The number of nitrogens with zero attached hydrogens (tertiary/aromatic N) is 5. The van der Waals surface area contributed by atoms with Gasteiger partial charge in [-0.25, -0.2) is 9.97 Å². The summed E-state index contributed by atoms with van der Waals surface area (Å²) < 4.78 is 0. The fourth-order valence-electron chi connectivity index (χ4n) is 4.38. The number of benzene rings is 1. The molecule has 0 aliphatic carbocycles. The van der Waals surface area contributed by atoms with Gasteiger partial charge in [0.2, 0.25) is 5.91 Å². The smallest absolute Gasteiger partial charge is 0.244 e. The van der Waals surface area contributed by atoms with E-state index in [9.17, 15) is 4.79 Å². The van der Waals surface area contributed by atoms with E-state index in [0.717, 1.165) is 47.9 Å². The minimum atomic E-state index is -0.0297. The first-order chi connectivity index (χ1) is 16.1. The number of amides is 1. The number of carbonyl (C=O) groups is 1. The number of aromatic nitrogens is 2. The van der Waals surface area contributed by atoms with Crippen molar-refractivity contribution < 1.29 is 4.79 Å². The van der Waals surface area contributed by atoms with E-state index in [1.807, 2.05) is 48.3 Å². The van der Waals surface area contributed by atoms with E-state index in [4.69, 9.17) is 16.6 Å². The molecule has 33 heavy (non-hydrogen) atoms. The number of nitrogens with one attached hydrogen (secondary N) is 1. The predicted octanol–water partition coefficient (Wildman–Crippen LogP) is 4.61. The highest BCUT2D eigenvalue weighted by molar-refractivity contribution is 7.22. The normalized spacial score (nSPS) is 20.7. The molecule has 7 nitrogen and oxygen atoms in total. The molecule has 0 bridgehead atoms. The van der Waals surface area contributed by atoms with E-state index in [0.29, 0.717) is 10.2 Å². The van der Waals surface area contributed by atoms with Gasteiger partial charge in [-0.05, 0) is 75.3 Å². The van der Waals surface area contributed by atoms with E-state index in [-0.39, 0.29) is 11.9 Å². The van der Waals surface area contributed by atoms with Crippen LogP contribution < -0.4 is 10.2 Å². The third-order valence-electron chi connectivity index (χ3n) is 6.41. The third-order valence-corrected chi connectivity index (χ3v) is 7.55. The summed E-state index contributed by atoms with van der Waals surface area (Å²) in [4.78, 5) is 29.6. The lowest BCUT2D eigenvalue weighted by Crippen LogP contribution is -2.31. The molecule has 2 aromatic heterocycles. The molecule has 1 aromatic carbocycles. The Morgan fingerprint density at radius 1 is 1.12 bits per heavy atom. The molecule has 2 fully saturated rings. The Balaban J connectivity index is 1.15. The molecule has 2 saturated heterocycles. The van der Waals surface area contributed by atoms with Crippen molar-refractivity contribution >= 4 is 55.8 Å². The van der Waals surface area contributed by atoms with E-state index in [1.54, 1.807) is 0 Å². The standard InChI is InChI=1S/C24H29ClN6OS/c1-29(18-8-6-17(25)7-9-18)21-11-10-19-23(27-21)33-24(26-19)28-22(32)20-16-31(20)15-5-14-30-12-3-2-4-13-30/h6-11,20H,2-5,12-16H2,1H3,(H,26,28,32). The zero-order valence-corrected chi connectivity index (χ0v) is 20.4. The molecular formula is C24H29ClN6OS. The second kappa shape index (κ2) is 9.93. The number of anilines is 3. The summed E-state index contributed by atoms with van der Waals surface area (Å²) in [7, 11) is 1.97. The number of piperidine rings is 1. The molecule has 1 amide bonds. The lowest BCUT2D eigenvalue weighted by atomic mass is 10.1. The predicted molar refractivity (Wildman–Crippen MR) is 136 cm³/mol. The first-order valence-electron chi connectivity index (χ1n) is 11.6. The Hall–Kier alpha value is -2.26. The molecule has 4 heterocycles. The van der Waals surface area contributed by atoms with Gasteiger partial charge in [-0.15, -0.1) is 0 Å². The van der Waals surface area contributed by atoms with Crippen LogP contribution >= 0.6 is 22.9 Å². The van der Waals surface area contributed by atoms with Crippen molar-refractivity contribution in [2.75, 3.05) is 50.0 Å². The van der Waals surface area contributed by atoms with Crippen LogP contribution in [0, 0.1) is 0 Å². The van der Waals surface area contributed by atoms with Crippen LogP contribution in [0.4, 0.5) is 16.6 Å². The zero-order valence-electron chi connectivity index (χ0n) is 18.8. The highest BCUT2D eigenvalue weighted by atomic mass is 35.5. The van der Waals surface area contributed by atoms with Gasteiger partial charge in [0, 0.05) is 30.8 Å². The third kappa shape index (κ3) is 5.46. The number of pyridine rings is 1. The molecule has 9 heteroatoms. The first kappa shape index (κ1) is 22.5. The summed E-state index contributed by atoms with van der Waals surface area (Å²) >= 11 is 7.41. The quantitative estimate of drug-likeness (QED) is 0.471. The van der Waals surface area contributed by atoms with Crippen LogP contribution in [0.3, 0.4) is 0 Å². The first-order valence-corrected chi connectivity index (χ1v) is 12.8. The second-order valence-corrected chi connectivity index (χ2v) is 10.2. The molecule has 3 aromatic rings. The molecule has 2 atom stereocenters. The summed E-state index contributed by atoms with van der Waals surface area (Å²) in [5.74, 6) is 0.846. The maximum atomic E-state index is 12.7. The van der Waals surface area contributed by atoms with Crippen LogP contribution in [0.5, 0.6) is 0 Å². The molecule has 5 rings (SSSR count). The fourth-order valence-corrected chi connectivity index (χ4v) is 5.35. The SMILES string of the molecule is CN(c1ccc(Cl)cc1)c1ccc2nc(NC(=O)C3CN3CCCN3CCCCC3)sc2n1. The molecular weight excluding hydrogens is 456 g/mol. The van der Waals surface area contributed by atoms with Crippen LogP contribution in [0.2, 0.25) is 5.02 Å². The Morgan fingerprint density at radius 2 is 1.91 bits per heavy atom. The Kier molecular flexibility index (Phi) is 6.78. The number of hydrogen-bond donors (Lipinski definition) is 1. The van der Waals surface area contributed by atoms with Crippen molar-refractivity contribution in [3.8, 4) is 0 Å². The minimum absolute atomic E-state index is 0.0297. The highest BCUT2D eigenvalue weighted by Gasteiger charge is 2.40. The Labute approximate surface area is 203 Å². The molecule has 2 unspecified atom stereocenters. The number of thiazole rings is 1. The molecule has 1 N–H and O–H groups in total. The number of fused-ring (bicyclic) bond motifs is 1. The Morgan fingerprint density at radius 3 is 2.70 bits per heavy atom. The van der Waals surface area contributed by atoms with Crippen molar-refractivity contribution in [3.63, 3.8) is 0 Å². The van der Waals surface area contributed by atoms with Gasteiger partial charge < -0.3 is 15.1 Å². The van der Waals surface area contributed by atoms with Gasteiger partial charge in [0.15, 0.2) is 5.13 Å². The highest BCUT2D eigenvalue weighted by Crippen LogP contribution is 2.30. The lowest BCUT2D eigenvalue weighted by Gasteiger charge is -2.26. The summed E-state index contributed by atoms with van der Waals surface area (Å²) in [6.07, 6.45) is 5.14. The summed E-state index contributed by atoms with van der Waals surface area (Å²) in [5.41, 5.74) is 1.79. The number of hydrogen-bond acceptors (Lipinski definition) is 7. The number of rotatable bonds is 8. The number of halogens is 1. The van der Waals surface area contributed by atoms with E-state index >= 15 is 0 Å². The van der Waals surface area contributed by atoms with Crippen LogP contribution in [0.15, 0.2) is 36.4 Å².